The van der Waals surface area contributed by atoms with Crippen LogP contribution >= 0.6 is 0 Å². The molecule has 0 heterocycles. The van der Waals surface area contributed by atoms with E-state index < -0.39 is 0 Å². The highest BCUT2D eigenvalue weighted by atomic mass is 16.5. The minimum absolute atomic E-state index is 0.113. The Labute approximate surface area is 110 Å². The van der Waals surface area contributed by atoms with Crippen LogP contribution in [0.5, 0.6) is 0 Å². The maximum Gasteiger partial charge on any atom is 0.325 e. The Hall–Kier alpha value is -1.06. The van der Waals surface area contributed by atoms with Gasteiger partial charge in [0.15, 0.2) is 0 Å². The van der Waals surface area contributed by atoms with Gasteiger partial charge in [-0.15, -0.1) is 0 Å². The van der Waals surface area contributed by atoms with Crippen molar-refractivity contribution in [3.05, 3.63) is 0 Å². The van der Waals surface area contributed by atoms with Crippen molar-refractivity contribution in [1.82, 2.24) is 4.90 Å². The summed E-state index contributed by atoms with van der Waals surface area (Å²) in [6.07, 6.45) is 6.99. The van der Waals surface area contributed by atoms with E-state index in [2.05, 4.69) is 6.92 Å². The van der Waals surface area contributed by atoms with E-state index in [0.717, 1.165) is 25.7 Å². The topological polar surface area (TPSA) is 46.6 Å². The molecule has 0 spiro atoms. The quantitative estimate of drug-likeness (QED) is 0.470. The Morgan fingerprint density at radius 2 is 1.89 bits per heavy atom. The standard InChI is InChI=1S/C14H25NO3/c1-3-5-6-7-8-13(16)15(12-9-10-12)11-14(17)18-4-2/h12H,3-11H2,1-2H3. The van der Waals surface area contributed by atoms with Crippen molar-refractivity contribution >= 4 is 11.9 Å². The normalized spacial score (nSPS) is 14.3. The van der Waals surface area contributed by atoms with Gasteiger partial charge in [-0.05, 0) is 26.2 Å². The van der Waals surface area contributed by atoms with Gasteiger partial charge in [0.05, 0.1) is 6.61 Å². The van der Waals surface area contributed by atoms with Crippen molar-refractivity contribution in [1.29, 1.82) is 0 Å². The van der Waals surface area contributed by atoms with Gasteiger partial charge in [0.2, 0.25) is 5.91 Å². The number of rotatable bonds is 9. The van der Waals surface area contributed by atoms with Crippen LogP contribution in [0, 0.1) is 0 Å². The zero-order chi connectivity index (χ0) is 13.4. The number of ether oxygens (including phenoxy) is 1. The fraction of sp³-hybridized carbons (Fsp3) is 0.857. The molecule has 104 valence electrons. The van der Waals surface area contributed by atoms with Gasteiger partial charge in [0.25, 0.3) is 0 Å². The van der Waals surface area contributed by atoms with Crippen LogP contribution in [0.15, 0.2) is 0 Å². The van der Waals surface area contributed by atoms with Crippen molar-refractivity contribution in [2.24, 2.45) is 0 Å². The summed E-state index contributed by atoms with van der Waals surface area (Å²) in [5, 5.41) is 0. The van der Waals surface area contributed by atoms with Crippen LogP contribution in [0.4, 0.5) is 0 Å². The van der Waals surface area contributed by atoms with Crippen molar-refractivity contribution in [3.63, 3.8) is 0 Å². The van der Waals surface area contributed by atoms with Gasteiger partial charge in [-0.3, -0.25) is 9.59 Å². The highest BCUT2D eigenvalue weighted by Gasteiger charge is 2.33. The second-order valence-electron chi connectivity index (χ2n) is 4.87. The summed E-state index contributed by atoms with van der Waals surface area (Å²) in [6, 6.07) is 0.285. The molecule has 1 aliphatic carbocycles. The molecule has 4 nitrogen and oxygen atoms in total. The lowest BCUT2D eigenvalue weighted by Gasteiger charge is -2.21. The molecule has 0 aromatic heterocycles. The molecule has 0 atom stereocenters. The molecule has 0 N–H and O–H groups in total. The van der Waals surface area contributed by atoms with Gasteiger partial charge in [-0.25, -0.2) is 0 Å². The molecule has 18 heavy (non-hydrogen) atoms. The SMILES string of the molecule is CCCCCCC(=O)N(CC(=O)OCC)C1CC1. The first-order valence-corrected chi connectivity index (χ1v) is 7.14. The predicted molar refractivity (Wildman–Crippen MR) is 70.1 cm³/mol. The largest absolute Gasteiger partial charge is 0.465 e. The molecule has 1 saturated carbocycles. The highest BCUT2D eigenvalue weighted by Crippen LogP contribution is 2.27. The Kier molecular flexibility index (Phi) is 6.76. The second kappa shape index (κ2) is 8.11. The second-order valence-corrected chi connectivity index (χ2v) is 4.87. The molecule has 0 unspecified atom stereocenters. The van der Waals surface area contributed by atoms with E-state index in [1.807, 2.05) is 0 Å². The number of nitrogens with zero attached hydrogens (tertiary/aromatic N) is 1. The third kappa shape index (κ3) is 5.52. The van der Waals surface area contributed by atoms with Gasteiger partial charge >= 0.3 is 5.97 Å². The number of hydrogen-bond donors (Lipinski definition) is 0. The van der Waals surface area contributed by atoms with Crippen LogP contribution in [0.2, 0.25) is 0 Å². The number of carbonyl (C=O) groups is 2. The van der Waals surface area contributed by atoms with Crippen molar-refractivity contribution < 1.29 is 14.3 Å². The number of amides is 1. The minimum atomic E-state index is -0.286. The Morgan fingerprint density at radius 3 is 2.44 bits per heavy atom. The highest BCUT2D eigenvalue weighted by molar-refractivity contribution is 5.82. The zero-order valence-corrected chi connectivity index (χ0v) is 11.6. The Morgan fingerprint density at radius 1 is 1.17 bits per heavy atom. The molecule has 0 radical (unpaired) electrons. The van der Waals surface area contributed by atoms with Gasteiger partial charge in [-0.2, -0.15) is 0 Å². The molecule has 1 amide bonds. The smallest absolute Gasteiger partial charge is 0.325 e. The minimum Gasteiger partial charge on any atom is -0.465 e. The van der Waals surface area contributed by atoms with E-state index in [1.54, 1.807) is 11.8 Å². The predicted octanol–water partition coefficient (Wildman–Crippen LogP) is 2.51. The summed E-state index contributed by atoms with van der Waals surface area (Å²) in [7, 11) is 0. The zero-order valence-electron chi connectivity index (χ0n) is 11.6. The number of hydrogen-bond acceptors (Lipinski definition) is 3. The van der Waals surface area contributed by atoms with Crippen molar-refractivity contribution in [2.45, 2.75) is 64.8 Å². The number of carbonyl (C=O) groups excluding carboxylic acids is 2. The number of unbranched alkanes of at least 4 members (excludes halogenated alkanes) is 3. The molecule has 0 bridgehead atoms. The molecule has 1 aliphatic rings. The monoisotopic (exact) mass is 255 g/mol. The summed E-state index contributed by atoms with van der Waals surface area (Å²) in [5.41, 5.74) is 0. The first-order chi connectivity index (χ1) is 8.69. The molecule has 4 heteroatoms. The van der Waals surface area contributed by atoms with Crippen LogP contribution in [0.3, 0.4) is 0 Å². The molecular weight excluding hydrogens is 230 g/mol. The fourth-order valence-corrected chi connectivity index (χ4v) is 2.00. The average Bonchev–Trinajstić information content (AvgIpc) is 3.16. The first kappa shape index (κ1) is 15.0. The third-order valence-corrected chi connectivity index (χ3v) is 3.16. The Balaban J connectivity index is 2.31. The first-order valence-electron chi connectivity index (χ1n) is 7.14. The van der Waals surface area contributed by atoms with Crippen LogP contribution in [-0.2, 0) is 14.3 Å². The van der Waals surface area contributed by atoms with Crippen molar-refractivity contribution in [2.75, 3.05) is 13.2 Å². The fourth-order valence-electron chi connectivity index (χ4n) is 2.00. The van der Waals surface area contributed by atoms with Gasteiger partial charge in [0, 0.05) is 12.5 Å². The lowest BCUT2D eigenvalue weighted by Crippen LogP contribution is -2.38. The Bertz CT molecular complexity index is 274. The molecule has 0 aromatic rings. The van der Waals surface area contributed by atoms with Crippen LogP contribution in [0.1, 0.15) is 58.8 Å². The summed E-state index contributed by atoms with van der Waals surface area (Å²) in [6.45, 7) is 4.44. The summed E-state index contributed by atoms with van der Waals surface area (Å²) >= 11 is 0. The van der Waals surface area contributed by atoms with E-state index in [0.29, 0.717) is 13.0 Å². The van der Waals surface area contributed by atoms with Gasteiger partial charge < -0.3 is 9.64 Å². The third-order valence-electron chi connectivity index (χ3n) is 3.16. The maximum atomic E-state index is 12.0. The average molecular weight is 255 g/mol. The van der Waals surface area contributed by atoms with E-state index >= 15 is 0 Å². The van der Waals surface area contributed by atoms with Crippen LogP contribution in [0.25, 0.3) is 0 Å². The summed E-state index contributed by atoms with van der Waals surface area (Å²) in [4.78, 5) is 25.2. The molecule has 1 rings (SSSR count). The van der Waals surface area contributed by atoms with Gasteiger partial charge in [-0.1, -0.05) is 26.2 Å². The van der Waals surface area contributed by atoms with E-state index in [4.69, 9.17) is 4.74 Å². The maximum absolute atomic E-state index is 12.0. The molecule has 0 saturated heterocycles. The molecule has 0 aliphatic heterocycles. The van der Waals surface area contributed by atoms with Crippen LogP contribution in [-0.4, -0.2) is 36.0 Å². The molecule has 0 aromatic carbocycles. The van der Waals surface area contributed by atoms with Gasteiger partial charge in [0.1, 0.15) is 6.54 Å². The molecular formula is C14H25NO3. The van der Waals surface area contributed by atoms with E-state index in [-0.39, 0.29) is 24.5 Å². The van der Waals surface area contributed by atoms with E-state index in [9.17, 15) is 9.59 Å². The van der Waals surface area contributed by atoms with Crippen LogP contribution < -0.4 is 0 Å². The lowest BCUT2D eigenvalue weighted by atomic mass is 10.1. The molecule has 1 fully saturated rings. The van der Waals surface area contributed by atoms with E-state index in [1.165, 1.54) is 12.8 Å². The summed E-state index contributed by atoms with van der Waals surface area (Å²) < 4.78 is 4.91. The lowest BCUT2D eigenvalue weighted by molar-refractivity contribution is -0.149. The summed E-state index contributed by atoms with van der Waals surface area (Å²) in [5.74, 6) is -0.173. The number of esters is 1. The van der Waals surface area contributed by atoms with Crippen molar-refractivity contribution in [3.8, 4) is 0 Å².